The molecule has 0 saturated carbocycles. The lowest BCUT2D eigenvalue weighted by Gasteiger charge is -2.29. The summed E-state index contributed by atoms with van der Waals surface area (Å²) in [6.07, 6.45) is 3.63. The molecule has 0 aliphatic heterocycles. The van der Waals surface area contributed by atoms with Crippen molar-refractivity contribution in [3.8, 4) is 0 Å². The summed E-state index contributed by atoms with van der Waals surface area (Å²) < 4.78 is 64.4. The van der Waals surface area contributed by atoms with E-state index in [1.807, 2.05) is 12.1 Å². The molecule has 3 N–H and O–H groups in total. The summed E-state index contributed by atoms with van der Waals surface area (Å²) in [7, 11) is 0. The van der Waals surface area contributed by atoms with Crippen LogP contribution >= 0.6 is 34.8 Å². The van der Waals surface area contributed by atoms with Crippen LogP contribution in [-0.4, -0.2) is 53.0 Å². The van der Waals surface area contributed by atoms with Crippen molar-refractivity contribution in [1.29, 1.82) is 0 Å². The molecule has 0 saturated heterocycles. The van der Waals surface area contributed by atoms with Gasteiger partial charge in [0.1, 0.15) is 35.4 Å². The van der Waals surface area contributed by atoms with Gasteiger partial charge in [-0.2, -0.15) is 0 Å². The fourth-order valence-electron chi connectivity index (χ4n) is 6.22. The SMILES string of the molecule is C=CCCN(C(=O)[C@H](Cc1cc(F)cc(F)c1)NSNC(=O)N[C@@H](Cc1cc(F)cc(F)c1)C(=O)N(CCC=C)c1ccc2scnc2c1)c1ccc2scnc2c1. The number of rotatable bonds is 18. The minimum absolute atomic E-state index is 0.115. The first kappa shape index (κ1) is 42.0. The van der Waals surface area contributed by atoms with Crippen molar-refractivity contribution in [3.05, 3.63) is 144 Å². The standard InChI is InChI=1S/C41H37F4N7O3S3/c1-3-5-11-51(31-7-9-37-33(21-31)46-23-56-37)39(53)35(17-25-13-27(42)19-28(43)14-25)48-41(55)50-58-49-36(18-26-15-29(44)20-30(45)16-26)40(54)52(12-6-4-2)32-8-10-38-34(22-32)47-24-57-38/h3-4,7-10,13-16,19-24,35-36,49H,1-2,5-6,11-12,17-18H2,(H2,48,50,55)/t35-,36-/m0/s1. The van der Waals surface area contributed by atoms with Crippen molar-refractivity contribution in [2.24, 2.45) is 0 Å². The van der Waals surface area contributed by atoms with Gasteiger partial charge in [0.2, 0.25) is 11.8 Å². The molecule has 0 fully saturated rings. The summed E-state index contributed by atoms with van der Waals surface area (Å²) >= 11 is 3.48. The van der Waals surface area contributed by atoms with Gasteiger partial charge in [0.25, 0.3) is 0 Å². The van der Waals surface area contributed by atoms with Gasteiger partial charge in [-0.1, -0.05) is 12.2 Å². The Hall–Kier alpha value is -5.62. The Balaban J connectivity index is 1.24. The molecule has 0 aliphatic rings. The van der Waals surface area contributed by atoms with E-state index in [0.717, 1.165) is 39.7 Å². The summed E-state index contributed by atoms with van der Waals surface area (Å²) in [5.41, 5.74) is 6.02. The van der Waals surface area contributed by atoms with Crippen molar-refractivity contribution < 1.29 is 31.9 Å². The van der Waals surface area contributed by atoms with E-state index in [9.17, 15) is 31.9 Å². The Morgan fingerprint density at radius 1 is 0.672 bits per heavy atom. The number of benzene rings is 4. The second-order valence-electron chi connectivity index (χ2n) is 13.0. The van der Waals surface area contributed by atoms with Crippen LogP contribution < -0.4 is 24.6 Å². The van der Waals surface area contributed by atoms with Gasteiger partial charge < -0.3 is 15.1 Å². The number of carbonyl (C=O) groups is 3. The third kappa shape index (κ3) is 10.9. The van der Waals surface area contributed by atoms with Crippen molar-refractivity contribution in [2.75, 3.05) is 22.9 Å². The van der Waals surface area contributed by atoms with E-state index in [1.165, 1.54) is 32.5 Å². The molecule has 10 nitrogen and oxygen atoms in total. The van der Waals surface area contributed by atoms with E-state index >= 15 is 0 Å². The highest BCUT2D eigenvalue weighted by Crippen LogP contribution is 2.27. The Morgan fingerprint density at radius 2 is 1.12 bits per heavy atom. The molecule has 4 aromatic carbocycles. The third-order valence-corrected chi connectivity index (χ3v) is 11.2. The summed E-state index contributed by atoms with van der Waals surface area (Å²) in [6, 6.07) is 13.1. The Morgan fingerprint density at radius 3 is 1.59 bits per heavy atom. The monoisotopic (exact) mass is 847 g/mol. The van der Waals surface area contributed by atoms with E-state index < -0.39 is 53.2 Å². The lowest BCUT2D eigenvalue weighted by Crippen LogP contribution is -2.52. The van der Waals surface area contributed by atoms with E-state index in [1.54, 1.807) is 47.4 Å². The number of hydrogen-bond acceptors (Lipinski definition) is 9. The topological polar surface area (TPSA) is 120 Å². The highest BCUT2D eigenvalue weighted by molar-refractivity contribution is 7.96. The molecule has 2 aromatic heterocycles. The first-order chi connectivity index (χ1) is 28.0. The molecule has 0 radical (unpaired) electrons. The second-order valence-corrected chi connectivity index (χ2v) is 15.4. The maximum atomic E-state index is 14.3. The number of anilines is 2. The minimum Gasteiger partial charge on any atom is -0.325 e. The van der Waals surface area contributed by atoms with Gasteiger partial charge in [0.15, 0.2) is 0 Å². The fraction of sp³-hybridized carbons (Fsp3) is 0.195. The molecular weight excluding hydrogens is 811 g/mol. The van der Waals surface area contributed by atoms with Gasteiger partial charge in [0.05, 0.1) is 31.5 Å². The zero-order chi connectivity index (χ0) is 41.2. The van der Waals surface area contributed by atoms with Crippen molar-refractivity contribution >= 4 is 84.5 Å². The summed E-state index contributed by atoms with van der Waals surface area (Å²) in [5.74, 6) is -4.43. The molecule has 0 spiro atoms. The minimum atomic E-state index is -1.33. The molecule has 0 bridgehead atoms. The number of urea groups is 1. The molecule has 2 atom stereocenters. The van der Waals surface area contributed by atoms with E-state index in [2.05, 4.69) is 37.9 Å². The van der Waals surface area contributed by atoms with Crippen LogP contribution in [0.15, 0.2) is 109 Å². The molecule has 17 heteroatoms. The number of fused-ring (bicyclic) bond motifs is 2. The predicted molar refractivity (Wildman–Crippen MR) is 224 cm³/mol. The fourth-order valence-corrected chi connectivity index (χ4v) is 8.08. The average molecular weight is 848 g/mol. The number of nitrogens with zero attached hydrogens (tertiary/aromatic N) is 4. The van der Waals surface area contributed by atoms with Crippen LogP contribution in [0.25, 0.3) is 20.4 Å². The second kappa shape index (κ2) is 19.7. The number of carbonyl (C=O) groups excluding carboxylic acids is 3. The van der Waals surface area contributed by atoms with Gasteiger partial charge in [-0.15, -0.1) is 35.8 Å². The molecule has 58 heavy (non-hydrogen) atoms. The summed E-state index contributed by atoms with van der Waals surface area (Å²) in [6.45, 7) is 7.93. The van der Waals surface area contributed by atoms with Crippen molar-refractivity contribution in [1.82, 2.24) is 24.7 Å². The lowest BCUT2D eigenvalue weighted by molar-refractivity contribution is -0.121. The zero-order valence-electron chi connectivity index (χ0n) is 30.8. The van der Waals surface area contributed by atoms with Crippen LogP contribution in [0.1, 0.15) is 24.0 Å². The first-order valence-electron chi connectivity index (χ1n) is 17.9. The molecule has 2 heterocycles. The van der Waals surface area contributed by atoms with Crippen LogP contribution in [0.5, 0.6) is 0 Å². The quantitative estimate of drug-likeness (QED) is 0.0450. The normalized spacial score (nSPS) is 12.2. The predicted octanol–water partition coefficient (Wildman–Crippen LogP) is 8.66. The molecule has 300 valence electrons. The van der Waals surface area contributed by atoms with E-state index in [-0.39, 0.29) is 37.1 Å². The number of hydrogen-bond donors (Lipinski definition) is 3. The molecule has 6 aromatic rings. The average Bonchev–Trinajstić information content (AvgIpc) is 3.86. The number of amides is 4. The van der Waals surface area contributed by atoms with Gasteiger partial charge in [0, 0.05) is 55.2 Å². The van der Waals surface area contributed by atoms with Crippen LogP contribution in [0, 0.1) is 23.3 Å². The molecular formula is C41H37F4N7O3S3. The van der Waals surface area contributed by atoms with Crippen LogP contribution in [0.4, 0.5) is 33.7 Å². The summed E-state index contributed by atoms with van der Waals surface area (Å²) in [4.78, 5) is 53.8. The van der Waals surface area contributed by atoms with Gasteiger partial charge in [-0.05, 0) is 91.1 Å². The Bertz CT molecular complexity index is 2400. The lowest BCUT2D eigenvalue weighted by atomic mass is 10.0. The van der Waals surface area contributed by atoms with Gasteiger partial charge in [-0.25, -0.2) is 37.0 Å². The van der Waals surface area contributed by atoms with Crippen LogP contribution in [0.2, 0.25) is 0 Å². The highest BCUT2D eigenvalue weighted by atomic mass is 32.2. The number of halogens is 4. The maximum Gasteiger partial charge on any atom is 0.326 e. The third-order valence-electron chi connectivity index (χ3n) is 8.87. The molecule has 0 aliphatic carbocycles. The van der Waals surface area contributed by atoms with Crippen LogP contribution in [0.3, 0.4) is 0 Å². The van der Waals surface area contributed by atoms with Crippen molar-refractivity contribution in [2.45, 2.75) is 37.8 Å². The largest absolute Gasteiger partial charge is 0.326 e. The number of aromatic nitrogens is 2. The van der Waals surface area contributed by atoms with E-state index in [0.29, 0.717) is 53.5 Å². The highest BCUT2D eigenvalue weighted by Gasteiger charge is 2.30. The number of nitrogens with one attached hydrogen (secondary N) is 3. The van der Waals surface area contributed by atoms with Gasteiger partial charge in [-0.3, -0.25) is 14.3 Å². The number of thiazole rings is 2. The van der Waals surface area contributed by atoms with Crippen LogP contribution in [-0.2, 0) is 22.4 Å². The maximum absolute atomic E-state index is 14.3. The molecule has 4 amide bonds. The van der Waals surface area contributed by atoms with Crippen molar-refractivity contribution in [3.63, 3.8) is 0 Å². The Kier molecular flexibility index (Phi) is 14.3. The Labute approximate surface area is 343 Å². The smallest absolute Gasteiger partial charge is 0.325 e. The summed E-state index contributed by atoms with van der Waals surface area (Å²) in [5, 5.41) is 2.62. The molecule has 0 unspecified atom stereocenters. The molecule has 6 rings (SSSR count). The zero-order valence-corrected chi connectivity index (χ0v) is 33.2. The first-order valence-corrected chi connectivity index (χ1v) is 20.5. The van der Waals surface area contributed by atoms with Gasteiger partial charge >= 0.3 is 6.03 Å². The van der Waals surface area contributed by atoms with E-state index in [4.69, 9.17) is 0 Å².